The molecule has 1 rings (SSSR count). The largest absolute Gasteiger partial charge is 1.00 e. The summed E-state index contributed by atoms with van der Waals surface area (Å²) in [5, 5.41) is 17.3. The molecule has 0 bridgehead atoms. The third kappa shape index (κ3) is 9.62. The topological polar surface area (TPSA) is 73.2 Å². The van der Waals surface area contributed by atoms with Gasteiger partial charge >= 0.3 is 22.4 Å². The SMILES string of the molecule is CC(O)C(=O)[O-].Cc1ccnc(C)c1.[Ag+]. The summed E-state index contributed by atoms with van der Waals surface area (Å²) >= 11 is 0. The average Bonchev–Trinajstić information content (AvgIpc) is 2.04. The van der Waals surface area contributed by atoms with Gasteiger partial charge in [0.1, 0.15) is 0 Å². The van der Waals surface area contributed by atoms with Gasteiger partial charge in [0.2, 0.25) is 0 Å². The standard InChI is InChI=1S/C7H9N.C3H6O3.Ag/c1-6-3-4-8-7(2)5-6;1-2(4)3(5)6;/h3-5H,1-2H3;2,4H,1H3,(H,5,6);/q;;+1/p-1. The molecule has 15 heavy (non-hydrogen) atoms. The molecule has 5 heteroatoms. The first-order valence-electron chi connectivity index (χ1n) is 4.21. The first kappa shape index (κ1) is 16.7. The van der Waals surface area contributed by atoms with Gasteiger partial charge in [0.25, 0.3) is 0 Å². The predicted molar refractivity (Wildman–Crippen MR) is 50.4 cm³/mol. The number of carbonyl (C=O) groups excluding carboxylic acids is 1. The average molecular weight is 304 g/mol. The van der Waals surface area contributed by atoms with E-state index in [4.69, 9.17) is 5.11 Å². The second-order valence-electron chi connectivity index (χ2n) is 2.97. The van der Waals surface area contributed by atoms with Crippen molar-refractivity contribution in [3.8, 4) is 0 Å². The maximum Gasteiger partial charge on any atom is 1.00 e. The van der Waals surface area contributed by atoms with E-state index in [-0.39, 0.29) is 22.4 Å². The number of nitrogens with zero attached hydrogens (tertiary/aromatic N) is 1. The first-order chi connectivity index (χ1) is 6.43. The fraction of sp³-hybridized carbons (Fsp3) is 0.400. The molecule has 0 saturated heterocycles. The summed E-state index contributed by atoms with van der Waals surface area (Å²) in [6.45, 7) is 5.19. The van der Waals surface area contributed by atoms with Gasteiger partial charge < -0.3 is 15.0 Å². The molecular formula is C10H14AgNO3. The van der Waals surface area contributed by atoms with Crippen LogP contribution in [0, 0.1) is 13.8 Å². The van der Waals surface area contributed by atoms with Crippen LogP contribution in [-0.2, 0) is 27.2 Å². The molecule has 1 aromatic heterocycles. The van der Waals surface area contributed by atoms with Crippen LogP contribution in [0.15, 0.2) is 18.3 Å². The Morgan fingerprint density at radius 2 is 2.00 bits per heavy atom. The molecule has 0 aliphatic heterocycles. The van der Waals surface area contributed by atoms with Crippen molar-refractivity contribution in [1.82, 2.24) is 4.98 Å². The molecule has 4 nitrogen and oxygen atoms in total. The Morgan fingerprint density at radius 3 is 2.20 bits per heavy atom. The van der Waals surface area contributed by atoms with E-state index in [1.807, 2.05) is 19.2 Å². The molecule has 0 radical (unpaired) electrons. The number of carbonyl (C=O) groups is 1. The number of aryl methyl sites for hydroxylation is 2. The molecule has 0 fully saturated rings. The second kappa shape index (κ2) is 8.61. The van der Waals surface area contributed by atoms with Crippen LogP contribution in [0.3, 0.4) is 0 Å². The van der Waals surface area contributed by atoms with Gasteiger partial charge in [0.15, 0.2) is 0 Å². The van der Waals surface area contributed by atoms with Crippen LogP contribution >= 0.6 is 0 Å². The van der Waals surface area contributed by atoms with Gasteiger partial charge in [-0.25, -0.2) is 0 Å². The number of carboxylic acids is 1. The van der Waals surface area contributed by atoms with Crippen LogP contribution < -0.4 is 5.11 Å². The number of aromatic nitrogens is 1. The van der Waals surface area contributed by atoms with Crippen molar-refractivity contribution in [2.24, 2.45) is 0 Å². The molecule has 1 unspecified atom stereocenters. The first-order valence-corrected chi connectivity index (χ1v) is 4.21. The van der Waals surface area contributed by atoms with E-state index in [2.05, 4.69) is 18.0 Å². The van der Waals surface area contributed by atoms with Crippen LogP contribution in [0.1, 0.15) is 18.2 Å². The van der Waals surface area contributed by atoms with Gasteiger partial charge in [-0.15, -0.1) is 0 Å². The third-order valence-corrected chi connectivity index (χ3v) is 1.39. The number of aliphatic hydroxyl groups is 1. The van der Waals surface area contributed by atoms with E-state index < -0.39 is 12.1 Å². The Balaban J connectivity index is 0. The zero-order valence-electron chi connectivity index (χ0n) is 8.82. The Labute approximate surface area is 105 Å². The fourth-order valence-electron chi connectivity index (χ4n) is 0.687. The summed E-state index contributed by atoms with van der Waals surface area (Å²) in [5.41, 5.74) is 2.36. The number of carboxylic acid groups (broad SMARTS) is 1. The Hall–Kier alpha value is -0.680. The normalized spacial score (nSPS) is 10.4. The molecule has 1 atom stereocenters. The smallest absolute Gasteiger partial charge is 0.547 e. The molecule has 0 aliphatic rings. The summed E-state index contributed by atoms with van der Waals surface area (Å²) < 4.78 is 0. The van der Waals surface area contributed by atoms with Crippen molar-refractivity contribution >= 4 is 5.97 Å². The monoisotopic (exact) mass is 303 g/mol. The van der Waals surface area contributed by atoms with Gasteiger partial charge in [0.05, 0.1) is 12.1 Å². The van der Waals surface area contributed by atoms with Gasteiger partial charge in [-0.3, -0.25) is 4.98 Å². The molecule has 0 spiro atoms. The van der Waals surface area contributed by atoms with E-state index in [0.717, 1.165) is 12.6 Å². The van der Waals surface area contributed by atoms with Crippen LogP contribution in [0.5, 0.6) is 0 Å². The van der Waals surface area contributed by atoms with Crippen molar-refractivity contribution in [3.63, 3.8) is 0 Å². The van der Waals surface area contributed by atoms with Crippen molar-refractivity contribution in [3.05, 3.63) is 29.6 Å². The number of hydrogen-bond donors (Lipinski definition) is 1. The van der Waals surface area contributed by atoms with Gasteiger partial charge in [-0.05, 0) is 38.5 Å². The van der Waals surface area contributed by atoms with Gasteiger partial charge in [0, 0.05) is 11.9 Å². The Morgan fingerprint density at radius 1 is 1.53 bits per heavy atom. The molecular weight excluding hydrogens is 290 g/mol. The molecule has 0 amide bonds. The van der Waals surface area contributed by atoms with Gasteiger partial charge in [-0.2, -0.15) is 0 Å². The maximum atomic E-state index is 9.34. The quantitative estimate of drug-likeness (QED) is 0.730. The molecule has 0 aliphatic carbocycles. The van der Waals surface area contributed by atoms with Crippen LogP contribution in [0.2, 0.25) is 0 Å². The molecule has 0 aromatic carbocycles. The van der Waals surface area contributed by atoms with Crippen molar-refractivity contribution in [2.75, 3.05) is 0 Å². The van der Waals surface area contributed by atoms with E-state index in [0.29, 0.717) is 0 Å². The number of aliphatic hydroxyl groups excluding tert-OH is 1. The van der Waals surface area contributed by atoms with Crippen molar-refractivity contribution in [2.45, 2.75) is 26.9 Å². The number of pyridine rings is 1. The van der Waals surface area contributed by atoms with E-state index in [1.165, 1.54) is 5.56 Å². The van der Waals surface area contributed by atoms with E-state index in [9.17, 15) is 9.90 Å². The van der Waals surface area contributed by atoms with Crippen LogP contribution in [-0.4, -0.2) is 22.2 Å². The van der Waals surface area contributed by atoms with E-state index in [1.54, 1.807) is 0 Å². The molecule has 1 aromatic rings. The summed E-state index contributed by atoms with van der Waals surface area (Å²) in [6.07, 6.45) is 0.481. The third-order valence-electron chi connectivity index (χ3n) is 1.39. The second-order valence-corrected chi connectivity index (χ2v) is 2.97. The van der Waals surface area contributed by atoms with Gasteiger partial charge in [-0.1, -0.05) is 0 Å². The van der Waals surface area contributed by atoms with Crippen LogP contribution in [0.25, 0.3) is 0 Å². The zero-order valence-corrected chi connectivity index (χ0v) is 10.3. The Kier molecular flexibility index (Phi) is 9.61. The Bertz CT molecular complexity index is 285. The number of aliphatic carboxylic acids is 1. The summed E-state index contributed by atoms with van der Waals surface area (Å²) in [7, 11) is 0. The van der Waals surface area contributed by atoms with Crippen molar-refractivity contribution < 1.29 is 37.4 Å². The minimum atomic E-state index is -1.44. The maximum absolute atomic E-state index is 9.34. The zero-order chi connectivity index (χ0) is 11.1. The molecule has 1 N–H and O–H groups in total. The summed E-state index contributed by atoms with van der Waals surface area (Å²) in [6, 6.07) is 4.05. The minimum absolute atomic E-state index is 0. The number of rotatable bonds is 1. The summed E-state index contributed by atoms with van der Waals surface area (Å²) in [4.78, 5) is 13.4. The minimum Gasteiger partial charge on any atom is -0.547 e. The van der Waals surface area contributed by atoms with E-state index >= 15 is 0 Å². The molecule has 0 saturated carbocycles. The number of hydrogen-bond acceptors (Lipinski definition) is 4. The fourth-order valence-corrected chi connectivity index (χ4v) is 0.687. The molecule has 88 valence electrons. The van der Waals surface area contributed by atoms with Crippen molar-refractivity contribution in [1.29, 1.82) is 0 Å². The predicted octanol–water partition coefficient (Wildman–Crippen LogP) is -0.187. The van der Waals surface area contributed by atoms with Crippen LogP contribution in [0.4, 0.5) is 0 Å². The molecule has 1 heterocycles. The summed E-state index contributed by atoms with van der Waals surface area (Å²) in [5.74, 6) is -1.44.